The molecule has 1 fully saturated rings. The number of carbonyl (C=O) groups is 2. The minimum Gasteiger partial charge on any atom is -0.481 e. The van der Waals surface area contributed by atoms with Gasteiger partial charge in [0.15, 0.2) is 0 Å². The molecule has 2 rings (SSSR count). The van der Waals surface area contributed by atoms with Crippen molar-refractivity contribution in [3.63, 3.8) is 0 Å². The van der Waals surface area contributed by atoms with Crippen LogP contribution in [0.3, 0.4) is 0 Å². The first kappa shape index (κ1) is 17.8. The average molecular weight is 338 g/mol. The molecule has 0 heterocycles. The SMILES string of the molecule is O=C(O)CC(NC(=O)CCC1CCCCC1)c1cccc(Cl)c1. The van der Waals surface area contributed by atoms with E-state index in [9.17, 15) is 9.59 Å². The van der Waals surface area contributed by atoms with E-state index >= 15 is 0 Å². The van der Waals surface area contributed by atoms with Crippen LogP contribution in [0.2, 0.25) is 5.02 Å². The van der Waals surface area contributed by atoms with Crippen molar-refractivity contribution in [1.29, 1.82) is 0 Å². The molecule has 1 atom stereocenters. The molecule has 23 heavy (non-hydrogen) atoms. The quantitative estimate of drug-likeness (QED) is 0.778. The Morgan fingerprint density at radius 2 is 2.00 bits per heavy atom. The van der Waals surface area contributed by atoms with Crippen molar-refractivity contribution in [3.05, 3.63) is 34.9 Å². The lowest BCUT2D eigenvalue weighted by Gasteiger charge is -2.22. The summed E-state index contributed by atoms with van der Waals surface area (Å²) in [6.45, 7) is 0. The summed E-state index contributed by atoms with van der Waals surface area (Å²) in [6.07, 6.45) is 7.45. The fourth-order valence-corrected chi connectivity index (χ4v) is 3.43. The molecule has 0 aromatic heterocycles. The predicted molar refractivity (Wildman–Crippen MR) is 90.4 cm³/mol. The van der Waals surface area contributed by atoms with Gasteiger partial charge in [0.05, 0.1) is 12.5 Å². The van der Waals surface area contributed by atoms with Crippen LogP contribution >= 0.6 is 11.6 Å². The van der Waals surface area contributed by atoms with Crippen LogP contribution in [0.4, 0.5) is 0 Å². The highest BCUT2D eigenvalue weighted by Crippen LogP contribution is 2.27. The number of benzene rings is 1. The zero-order chi connectivity index (χ0) is 16.7. The standard InChI is InChI=1S/C18H24ClNO3/c19-15-8-4-7-14(11-15)16(12-18(22)23)20-17(21)10-9-13-5-2-1-3-6-13/h4,7-8,11,13,16H,1-3,5-6,9-10,12H2,(H,20,21)(H,22,23). The van der Waals surface area contributed by atoms with Crippen molar-refractivity contribution < 1.29 is 14.7 Å². The van der Waals surface area contributed by atoms with E-state index < -0.39 is 12.0 Å². The molecule has 1 aromatic carbocycles. The van der Waals surface area contributed by atoms with Crippen molar-refractivity contribution in [2.24, 2.45) is 5.92 Å². The fraction of sp³-hybridized carbons (Fsp3) is 0.556. The molecule has 1 aliphatic rings. The van der Waals surface area contributed by atoms with Crippen LogP contribution in [0.25, 0.3) is 0 Å². The number of aliphatic carboxylic acids is 1. The van der Waals surface area contributed by atoms with Crippen molar-refractivity contribution >= 4 is 23.5 Å². The smallest absolute Gasteiger partial charge is 0.305 e. The van der Waals surface area contributed by atoms with Gasteiger partial charge in [-0.3, -0.25) is 9.59 Å². The fourth-order valence-electron chi connectivity index (χ4n) is 3.23. The predicted octanol–water partition coefficient (Wildman–Crippen LogP) is 4.33. The molecule has 1 aromatic rings. The summed E-state index contributed by atoms with van der Waals surface area (Å²) in [5.74, 6) is -0.386. The number of hydrogen-bond donors (Lipinski definition) is 2. The number of carboxylic acids is 1. The van der Waals surface area contributed by atoms with Gasteiger partial charge in [0, 0.05) is 11.4 Å². The second-order valence-electron chi connectivity index (χ2n) is 6.32. The van der Waals surface area contributed by atoms with Crippen LogP contribution < -0.4 is 5.32 Å². The van der Waals surface area contributed by atoms with E-state index in [1.165, 1.54) is 32.1 Å². The lowest BCUT2D eigenvalue weighted by atomic mass is 9.86. The Hall–Kier alpha value is -1.55. The Kier molecular flexibility index (Phi) is 6.90. The second-order valence-corrected chi connectivity index (χ2v) is 6.75. The molecule has 1 amide bonds. The number of nitrogens with one attached hydrogen (secondary N) is 1. The Labute approximate surface area is 142 Å². The molecular formula is C18H24ClNO3. The van der Waals surface area contributed by atoms with Crippen LogP contribution in [0.1, 0.15) is 63.0 Å². The van der Waals surface area contributed by atoms with Crippen LogP contribution in [-0.2, 0) is 9.59 Å². The number of halogens is 1. The molecule has 0 spiro atoms. The topological polar surface area (TPSA) is 66.4 Å². The summed E-state index contributed by atoms with van der Waals surface area (Å²) < 4.78 is 0. The summed E-state index contributed by atoms with van der Waals surface area (Å²) in [6, 6.07) is 6.46. The Morgan fingerprint density at radius 3 is 2.65 bits per heavy atom. The van der Waals surface area contributed by atoms with E-state index in [1.54, 1.807) is 24.3 Å². The minimum absolute atomic E-state index is 0.0817. The van der Waals surface area contributed by atoms with E-state index in [2.05, 4.69) is 5.32 Å². The van der Waals surface area contributed by atoms with E-state index in [4.69, 9.17) is 16.7 Å². The molecule has 4 nitrogen and oxygen atoms in total. The van der Waals surface area contributed by atoms with E-state index in [1.807, 2.05) is 0 Å². The van der Waals surface area contributed by atoms with Crippen molar-refractivity contribution in [1.82, 2.24) is 5.32 Å². The summed E-state index contributed by atoms with van der Waals surface area (Å²) >= 11 is 5.96. The molecule has 1 saturated carbocycles. The summed E-state index contributed by atoms with van der Waals surface area (Å²) in [5, 5.41) is 12.5. The van der Waals surface area contributed by atoms with Gasteiger partial charge in [-0.05, 0) is 30.0 Å². The second kappa shape index (κ2) is 8.92. The Morgan fingerprint density at radius 1 is 1.26 bits per heavy atom. The third-order valence-corrected chi connectivity index (χ3v) is 4.70. The molecule has 0 bridgehead atoms. The lowest BCUT2D eigenvalue weighted by molar-refractivity contribution is -0.137. The van der Waals surface area contributed by atoms with E-state index in [0.29, 0.717) is 17.4 Å². The summed E-state index contributed by atoms with van der Waals surface area (Å²) in [7, 11) is 0. The third-order valence-electron chi connectivity index (χ3n) is 4.47. The van der Waals surface area contributed by atoms with Gasteiger partial charge in [0.1, 0.15) is 0 Å². The van der Waals surface area contributed by atoms with Crippen LogP contribution in [-0.4, -0.2) is 17.0 Å². The van der Waals surface area contributed by atoms with Gasteiger partial charge in [0.25, 0.3) is 0 Å². The largest absolute Gasteiger partial charge is 0.481 e. The molecule has 1 unspecified atom stereocenters. The minimum atomic E-state index is -0.942. The first-order valence-electron chi connectivity index (χ1n) is 8.31. The number of amides is 1. The van der Waals surface area contributed by atoms with Gasteiger partial charge in [-0.25, -0.2) is 0 Å². The normalized spacial score (nSPS) is 16.7. The highest BCUT2D eigenvalue weighted by Gasteiger charge is 2.20. The Balaban J connectivity index is 1.91. The van der Waals surface area contributed by atoms with Crippen LogP contribution in [0.5, 0.6) is 0 Å². The number of hydrogen-bond acceptors (Lipinski definition) is 2. The molecule has 126 valence electrons. The number of carboxylic acid groups (broad SMARTS) is 1. The molecule has 1 aliphatic carbocycles. The third kappa shape index (κ3) is 6.22. The van der Waals surface area contributed by atoms with Crippen LogP contribution in [0, 0.1) is 5.92 Å². The summed E-state index contributed by atoms with van der Waals surface area (Å²) in [5.41, 5.74) is 0.728. The molecule has 0 radical (unpaired) electrons. The van der Waals surface area contributed by atoms with Crippen LogP contribution in [0.15, 0.2) is 24.3 Å². The molecule has 0 saturated heterocycles. The van der Waals surface area contributed by atoms with E-state index in [-0.39, 0.29) is 12.3 Å². The number of carbonyl (C=O) groups excluding carboxylic acids is 1. The lowest BCUT2D eigenvalue weighted by Crippen LogP contribution is -2.30. The van der Waals surface area contributed by atoms with Gasteiger partial charge >= 0.3 is 5.97 Å². The monoisotopic (exact) mass is 337 g/mol. The molecule has 0 aliphatic heterocycles. The maximum absolute atomic E-state index is 12.2. The first-order valence-corrected chi connectivity index (χ1v) is 8.69. The first-order chi connectivity index (χ1) is 11.0. The van der Waals surface area contributed by atoms with Gasteiger partial charge in [-0.1, -0.05) is 55.8 Å². The van der Waals surface area contributed by atoms with Crippen molar-refractivity contribution in [3.8, 4) is 0 Å². The van der Waals surface area contributed by atoms with Gasteiger partial charge in [-0.2, -0.15) is 0 Å². The molecule has 2 N–H and O–H groups in total. The number of rotatable bonds is 7. The van der Waals surface area contributed by atoms with Gasteiger partial charge in [0.2, 0.25) is 5.91 Å². The van der Waals surface area contributed by atoms with E-state index in [0.717, 1.165) is 12.0 Å². The van der Waals surface area contributed by atoms with Crippen molar-refractivity contribution in [2.75, 3.05) is 0 Å². The highest BCUT2D eigenvalue weighted by molar-refractivity contribution is 6.30. The molecular weight excluding hydrogens is 314 g/mol. The van der Waals surface area contributed by atoms with Crippen molar-refractivity contribution in [2.45, 2.75) is 57.4 Å². The van der Waals surface area contributed by atoms with Gasteiger partial charge in [-0.15, -0.1) is 0 Å². The zero-order valence-electron chi connectivity index (χ0n) is 13.3. The maximum atomic E-state index is 12.2. The maximum Gasteiger partial charge on any atom is 0.305 e. The molecule has 5 heteroatoms. The zero-order valence-corrected chi connectivity index (χ0v) is 14.0. The highest BCUT2D eigenvalue weighted by atomic mass is 35.5. The summed E-state index contributed by atoms with van der Waals surface area (Å²) in [4.78, 5) is 23.3. The Bertz CT molecular complexity index is 541. The van der Waals surface area contributed by atoms with Gasteiger partial charge < -0.3 is 10.4 Å². The average Bonchev–Trinajstić information content (AvgIpc) is 2.53.